The van der Waals surface area contributed by atoms with Crippen molar-refractivity contribution in [2.75, 3.05) is 0 Å². The second kappa shape index (κ2) is 5.63. The minimum absolute atomic E-state index is 0.276. The zero-order chi connectivity index (χ0) is 14.0. The average Bonchev–Trinajstić information content (AvgIpc) is 2.62. The molecule has 4 nitrogen and oxygen atoms in total. The fraction of sp³-hybridized carbons (Fsp3) is 0.231. The van der Waals surface area contributed by atoms with Crippen LogP contribution in [0.5, 0.6) is 5.75 Å². The molecule has 6 heteroatoms. The lowest BCUT2D eigenvalue weighted by atomic mass is 10.2. The molecule has 0 saturated carbocycles. The number of hydrogen-bond donors (Lipinski definition) is 0. The molecule has 1 aromatic carbocycles. The summed E-state index contributed by atoms with van der Waals surface area (Å²) in [5.41, 5.74) is 2.14. The van der Waals surface area contributed by atoms with E-state index in [1.165, 1.54) is 0 Å². The van der Waals surface area contributed by atoms with Crippen molar-refractivity contribution in [3.05, 3.63) is 45.2 Å². The molecule has 2 aromatic rings. The Hall–Kier alpha value is -1.52. The maximum Gasteiger partial charge on any atom is 0.150 e. The van der Waals surface area contributed by atoms with E-state index in [9.17, 15) is 4.79 Å². The molecule has 0 spiro atoms. The Morgan fingerprint density at radius 3 is 2.68 bits per heavy atom. The van der Waals surface area contributed by atoms with Crippen LogP contribution in [0.2, 0.25) is 10.2 Å². The standard InChI is InChI=1S/C13H12Cl2N2O2/c1-8-10(13(15)17(2)16-8)7-19-12-4-3-9(6-18)5-11(12)14/h3-6H,7H2,1-2H3. The molecule has 0 fully saturated rings. The Kier molecular flexibility index (Phi) is 4.12. The molecule has 0 amide bonds. The van der Waals surface area contributed by atoms with E-state index in [2.05, 4.69) is 5.10 Å². The third-order valence-corrected chi connectivity index (χ3v) is 3.50. The lowest BCUT2D eigenvalue weighted by molar-refractivity contribution is 0.112. The minimum atomic E-state index is 0.276. The van der Waals surface area contributed by atoms with Gasteiger partial charge in [-0.25, -0.2) is 0 Å². The fourth-order valence-electron chi connectivity index (χ4n) is 1.70. The molecule has 1 heterocycles. The summed E-state index contributed by atoms with van der Waals surface area (Å²) in [6.45, 7) is 2.14. The SMILES string of the molecule is Cc1nn(C)c(Cl)c1COc1ccc(C=O)cc1Cl. The van der Waals surface area contributed by atoms with Gasteiger partial charge in [0.05, 0.1) is 10.7 Å². The molecule has 19 heavy (non-hydrogen) atoms. The maximum absolute atomic E-state index is 10.6. The Labute approximate surface area is 120 Å². The van der Waals surface area contributed by atoms with Crippen molar-refractivity contribution in [3.8, 4) is 5.75 Å². The Bertz CT molecular complexity index is 623. The van der Waals surface area contributed by atoms with Crippen molar-refractivity contribution in [1.82, 2.24) is 9.78 Å². The number of rotatable bonds is 4. The van der Waals surface area contributed by atoms with Gasteiger partial charge in [0.2, 0.25) is 0 Å². The first kappa shape index (κ1) is 13.9. The molecule has 2 rings (SSSR count). The summed E-state index contributed by atoms with van der Waals surface area (Å²) in [6, 6.07) is 4.86. The number of nitrogens with zero attached hydrogens (tertiary/aromatic N) is 2. The van der Waals surface area contributed by atoms with Gasteiger partial charge in [-0.2, -0.15) is 5.10 Å². The van der Waals surface area contributed by atoms with Crippen LogP contribution in [0.4, 0.5) is 0 Å². The van der Waals surface area contributed by atoms with Crippen molar-refractivity contribution in [2.45, 2.75) is 13.5 Å². The van der Waals surface area contributed by atoms with E-state index in [1.807, 2.05) is 6.92 Å². The van der Waals surface area contributed by atoms with E-state index in [0.717, 1.165) is 17.5 Å². The molecular formula is C13H12Cl2N2O2. The van der Waals surface area contributed by atoms with E-state index in [0.29, 0.717) is 21.5 Å². The molecule has 0 saturated heterocycles. The zero-order valence-corrected chi connectivity index (χ0v) is 12.0. The van der Waals surface area contributed by atoms with Crippen LogP contribution in [0, 0.1) is 6.92 Å². The van der Waals surface area contributed by atoms with Crippen molar-refractivity contribution < 1.29 is 9.53 Å². The van der Waals surface area contributed by atoms with Gasteiger partial charge in [-0.3, -0.25) is 9.48 Å². The van der Waals surface area contributed by atoms with Crippen LogP contribution in [0.15, 0.2) is 18.2 Å². The predicted octanol–water partition coefficient (Wildman–Crippen LogP) is 3.43. The lowest BCUT2D eigenvalue weighted by Gasteiger charge is -2.08. The minimum Gasteiger partial charge on any atom is -0.487 e. The van der Waals surface area contributed by atoms with Gasteiger partial charge in [-0.05, 0) is 25.1 Å². The van der Waals surface area contributed by atoms with E-state index < -0.39 is 0 Å². The first-order chi connectivity index (χ1) is 9.02. The van der Waals surface area contributed by atoms with Gasteiger partial charge in [0.1, 0.15) is 23.8 Å². The van der Waals surface area contributed by atoms with Gasteiger partial charge in [-0.1, -0.05) is 23.2 Å². The zero-order valence-electron chi connectivity index (χ0n) is 10.5. The smallest absolute Gasteiger partial charge is 0.150 e. The molecule has 0 N–H and O–H groups in total. The maximum atomic E-state index is 10.6. The number of carbonyl (C=O) groups is 1. The van der Waals surface area contributed by atoms with Gasteiger partial charge < -0.3 is 4.74 Å². The third-order valence-electron chi connectivity index (χ3n) is 2.73. The number of ether oxygens (including phenoxy) is 1. The van der Waals surface area contributed by atoms with Gasteiger partial charge in [0.25, 0.3) is 0 Å². The van der Waals surface area contributed by atoms with Crippen LogP contribution < -0.4 is 4.74 Å². The predicted molar refractivity (Wildman–Crippen MR) is 74.1 cm³/mol. The Morgan fingerprint density at radius 2 is 2.16 bits per heavy atom. The number of aldehydes is 1. The van der Waals surface area contributed by atoms with Crippen molar-refractivity contribution in [2.24, 2.45) is 7.05 Å². The molecule has 0 atom stereocenters. The molecule has 0 aliphatic carbocycles. The summed E-state index contributed by atoms with van der Waals surface area (Å²) < 4.78 is 7.20. The number of benzene rings is 1. The molecule has 0 radical (unpaired) electrons. The van der Waals surface area contributed by atoms with Crippen LogP contribution in [0.1, 0.15) is 21.6 Å². The van der Waals surface area contributed by atoms with E-state index in [1.54, 1.807) is 29.9 Å². The molecule has 0 bridgehead atoms. The largest absolute Gasteiger partial charge is 0.487 e. The lowest BCUT2D eigenvalue weighted by Crippen LogP contribution is -1.98. The number of aromatic nitrogens is 2. The summed E-state index contributed by atoms with van der Waals surface area (Å²) in [5.74, 6) is 0.506. The highest BCUT2D eigenvalue weighted by Crippen LogP contribution is 2.27. The van der Waals surface area contributed by atoms with Crippen LogP contribution >= 0.6 is 23.2 Å². The summed E-state index contributed by atoms with van der Waals surface area (Å²) in [6.07, 6.45) is 0.734. The topological polar surface area (TPSA) is 44.1 Å². The molecule has 0 unspecified atom stereocenters. The van der Waals surface area contributed by atoms with E-state index in [-0.39, 0.29) is 6.61 Å². The number of halogens is 2. The summed E-state index contributed by atoms with van der Waals surface area (Å²) in [7, 11) is 1.77. The fourth-order valence-corrected chi connectivity index (χ4v) is 2.17. The highest BCUT2D eigenvalue weighted by Gasteiger charge is 2.12. The van der Waals surface area contributed by atoms with E-state index in [4.69, 9.17) is 27.9 Å². The highest BCUT2D eigenvalue weighted by atomic mass is 35.5. The van der Waals surface area contributed by atoms with Crippen molar-refractivity contribution in [1.29, 1.82) is 0 Å². The number of aryl methyl sites for hydroxylation is 2. The van der Waals surface area contributed by atoms with Gasteiger partial charge in [0.15, 0.2) is 0 Å². The number of carbonyl (C=O) groups excluding carboxylic acids is 1. The molecule has 0 aliphatic rings. The number of hydrogen-bond acceptors (Lipinski definition) is 3. The van der Waals surface area contributed by atoms with E-state index >= 15 is 0 Å². The van der Waals surface area contributed by atoms with Gasteiger partial charge >= 0.3 is 0 Å². The molecule has 0 aliphatic heterocycles. The second-order valence-electron chi connectivity index (χ2n) is 4.07. The monoisotopic (exact) mass is 298 g/mol. The Morgan fingerprint density at radius 1 is 1.42 bits per heavy atom. The first-order valence-corrected chi connectivity index (χ1v) is 6.34. The summed E-state index contributed by atoms with van der Waals surface area (Å²) in [5, 5.41) is 5.13. The van der Waals surface area contributed by atoms with Crippen LogP contribution in [0.25, 0.3) is 0 Å². The first-order valence-electron chi connectivity index (χ1n) is 5.58. The highest BCUT2D eigenvalue weighted by molar-refractivity contribution is 6.32. The molecule has 1 aromatic heterocycles. The van der Waals surface area contributed by atoms with Crippen LogP contribution in [0.3, 0.4) is 0 Å². The van der Waals surface area contributed by atoms with Crippen molar-refractivity contribution >= 4 is 29.5 Å². The molecule has 100 valence electrons. The quantitative estimate of drug-likeness (QED) is 0.812. The summed E-state index contributed by atoms with van der Waals surface area (Å²) in [4.78, 5) is 10.6. The van der Waals surface area contributed by atoms with Crippen LogP contribution in [-0.2, 0) is 13.7 Å². The second-order valence-corrected chi connectivity index (χ2v) is 4.84. The average molecular weight is 299 g/mol. The van der Waals surface area contributed by atoms with Gasteiger partial charge in [0, 0.05) is 18.2 Å². The normalized spacial score (nSPS) is 10.5. The van der Waals surface area contributed by atoms with Gasteiger partial charge in [-0.15, -0.1) is 0 Å². The van der Waals surface area contributed by atoms with Crippen LogP contribution in [-0.4, -0.2) is 16.1 Å². The molecular weight excluding hydrogens is 287 g/mol. The van der Waals surface area contributed by atoms with Crippen molar-refractivity contribution in [3.63, 3.8) is 0 Å². The third kappa shape index (κ3) is 2.91. The summed E-state index contributed by atoms with van der Waals surface area (Å²) >= 11 is 12.1. The Balaban J connectivity index is 2.16.